The molecule has 0 aliphatic heterocycles. The second kappa shape index (κ2) is 10.5. The van der Waals surface area contributed by atoms with Gasteiger partial charge in [-0.25, -0.2) is 13.4 Å². The van der Waals surface area contributed by atoms with E-state index in [1.807, 2.05) is 0 Å². The number of hydrogen-bond donors (Lipinski definition) is 1. The van der Waals surface area contributed by atoms with E-state index in [-0.39, 0.29) is 34.5 Å². The molecule has 0 radical (unpaired) electrons. The predicted molar refractivity (Wildman–Crippen MR) is 142 cm³/mol. The van der Waals surface area contributed by atoms with Crippen LogP contribution < -0.4 is 4.74 Å². The molecule has 5 rings (SSSR count). The standard InChI is InChI=1S/C28H25ClF2N2O4S/c1-16(34)12-21(18-8-10-19(11-9-18)38(35,36)15-17-6-7-17)27-32-24-13-22(23(29)14-25(24)33-27)20-4-2-3-5-26(20)37-28(30)31/h2-5,8-11,13-14,17,21,28H,6-7,12,15H2,1H3,(H,32,33)/t21-/m0/s1. The first-order valence-electron chi connectivity index (χ1n) is 12.2. The Bertz CT molecular complexity index is 1600. The number of aromatic nitrogens is 2. The molecule has 1 aliphatic rings. The number of H-pyrrole nitrogens is 1. The summed E-state index contributed by atoms with van der Waals surface area (Å²) in [4.78, 5) is 20.4. The summed E-state index contributed by atoms with van der Waals surface area (Å²) in [5, 5.41) is 0.311. The molecular formula is C28H25ClF2N2O4S. The average Bonchev–Trinajstić information content (AvgIpc) is 3.57. The Morgan fingerprint density at radius 3 is 2.47 bits per heavy atom. The lowest BCUT2D eigenvalue weighted by Crippen LogP contribution is -2.10. The number of nitrogens with one attached hydrogen (secondary N) is 1. The normalized spacial score (nSPS) is 14.7. The Hall–Kier alpha value is -3.30. The second-order valence-electron chi connectivity index (χ2n) is 9.60. The monoisotopic (exact) mass is 558 g/mol. The van der Waals surface area contributed by atoms with Crippen molar-refractivity contribution in [2.75, 3.05) is 5.75 Å². The van der Waals surface area contributed by atoms with Crippen molar-refractivity contribution in [2.45, 2.75) is 43.6 Å². The van der Waals surface area contributed by atoms with Gasteiger partial charge in [0.05, 0.1) is 26.7 Å². The molecule has 0 unspecified atom stereocenters. The van der Waals surface area contributed by atoms with E-state index in [4.69, 9.17) is 16.6 Å². The van der Waals surface area contributed by atoms with Crippen LogP contribution in [0.3, 0.4) is 0 Å². The van der Waals surface area contributed by atoms with Crippen molar-refractivity contribution in [1.82, 2.24) is 9.97 Å². The molecule has 1 aromatic heterocycles. The van der Waals surface area contributed by atoms with Gasteiger partial charge in [0, 0.05) is 23.5 Å². The number of rotatable bonds is 10. The minimum absolute atomic E-state index is 0.00862. The van der Waals surface area contributed by atoms with Crippen LogP contribution in [0.4, 0.5) is 8.78 Å². The summed E-state index contributed by atoms with van der Waals surface area (Å²) in [6.07, 6.45) is 2.04. The van der Waals surface area contributed by atoms with Gasteiger partial charge in [0.15, 0.2) is 9.84 Å². The summed E-state index contributed by atoms with van der Waals surface area (Å²) >= 11 is 6.54. The maximum absolute atomic E-state index is 12.9. The number of halogens is 3. The molecule has 1 N–H and O–H groups in total. The van der Waals surface area contributed by atoms with Crippen LogP contribution in [0.1, 0.15) is 43.5 Å². The van der Waals surface area contributed by atoms with Crippen LogP contribution in [-0.2, 0) is 14.6 Å². The van der Waals surface area contributed by atoms with Crippen LogP contribution in [0.5, 0.6) is 5.75 Å². The van der Waals surface area contributed by atoms with E-state index >= 15 is 0 Å². The first-order valence-corrected chi connectivity index (χ1v) is 14.2. The van der Waals surface area contributed by atoms with Crippen molar-refractivity contribution in [3.8, 4) is 16.9 Å². The van der Waals surface area contributed by atoms with E-state index in [1.54, 1.807) is 54.6 Å². The summed E-state index contributed by atoms with van der Waals surface area (Å²) in [5.41, 5.74) is 2.75. The zero-order valence-corrected chi connectivity index (χ0v) is 22.0. The van der Waals surface area contributed by atoms with Crippen LogP contribution in [0.15, 0.2) is 65.6 Å². The number of nitrogens with zero attached hydrogens (tertiary/aromatic N) is 1. The van der Waals surface area contributed by atoms with E-state index in [2.05, 4.69) is 9.72 Å². The number of benzene rings is 3. The molecule has 0 spiro atoms. The summed E-state index contributed by atoms with van der Waals surface area (Å²) in [6, 6.07) is 16.3. The number of Topliss-reactive ketones (excluding diaryl/α,β-unsaturated/α-hetero) is 1. The van der Waals surface area contributed by atoms with E-state index in [1.165, 1.54) is 13.0 Å². The van der Waals surface area contributed by atoms with Gasteiger partial charge < -0.3 is 9.72 Å². The Labute approximate surface area is 223 Å². The molecule has 1 fully saturated rings. The Balaban J connectivity index is 1.51. The highest BCUT2D eigenvalue weighted by Gasteiger charge is 2.29. The number of hydrogen-bond acceptors (Lipinski definition) is 5. The van der Waals surface area contributed by atoms with E-state index in [0.717, 1.165) is 18.4 Å². The van der Waals surface area contributed by atoms with Gasteiger partial charge in [-0.1, -0.05) is 41.9 Å². The van der Waals surface area contributed by atoms with Gasteiger partial charge in [-0.05, 0) is 61.6 Å². The van der Waals surface area contributed by atoms with Crippen LogP contribution in [0, 0.1) is 5.92 Å². The Morgan fingerprint density at radius 2 is 1.82 bits per heavy atom. The number of carbonyl (C=O) groups is 1. The number of sulfone groups is 1. The van der Waals surface area contributed by atoms with Crippen molar-refractivity contribution in [3.05, 3.63) is 77.1 Å². The van der Waals surface area contributed by atoms with E-state index in [9.17, 15) is 22.0 Å². The number of para-hydroxylation sites is 1. The topological polar surface area (TPSA) is 89.1 Å². The fourth-order valence-electron chi connectivity index (χ4n) is 4.57. The zero-order chi connectivity index (χ0) is 27.0. The lowest BCUT2D eigenvalue weighted by Gasteiger charge is -2.14. The van der Waals surface area contributed by atoms with Crippen molar-refractivity contribution >= 4 is 38.3 Å². The third-order valence-corrected chi connectivity index (χ3v) is 8.81. The molecule has 1 saturated carbocycles. The Kier molecular flexibility index (Phi) is 7.24. The summed E-state index contributed by atoms with van der Waals surface area (Å²) in [5.74, 6) is 0.391. The molecule has 38 heavy (non-hydrogen) atoms. The summed E-state index contributed by atoms with van der Waals surface area (Å²) < 4.78 is 55.9. The minimum Gasteiger partial charge on any atom is -0.434 e. The predicted octanol–water partition coefficient (Wildman–Crippen LogP) is 6.78. The molecule has 4 aromatic rings. The number of carbonyl (C=O) groups excluding carboxylic acids is 1. The maximum atomic E-state index is 12.9. The Morgan fingerprint density at radius 1 is 1.11 bits per heavy atom. The van der Waals surface area contributed by atoms with Gasteiger partial charge in [-0.2, -0.15) is 8.78 Å². The zero-order valence-electron chi connectivity index (χ0n) is 20.5. The first-order chi connectivity index (χ1) is 18.1. The fourth-order valence-corrected chi connectivity index (χ4v) is 6.53. The molecule has 0 saturated heterocycles. The maximum Gasteiger partial charge on any atom is 0.387 e. The largest absolute Gasteiger partial charge is 0.434 e. The quantitative estimate of drug-likeness (QED) is 0.232. The summed E-state index contributed by atoms with van der Waals surface area (Å²) in [6.45, 7) is -1.50. The third-order valence-electron chi connectivity index (χ3n) is 6.60. The molecule has 1 heterocycles. The number of imidazole rings is 1. The van der Waals surface area contributed by atoms with Crippen LogP contribution in [0.2, 0.25) is 5.02 Å². The molecule has 10 heteroatoms. The van der Waals surface area contributed by atoms with Gasteiger partial charge in [0.25, 0.3) is 0 Å². The van der Waals surface area contributed by atoms with Crippen molar-refractivity contribution in [2.24, 2.45) is 5.92 Å². The highest BCUT2D eigenvalue weighted by atomic mass is 35.5. The highest BCUT2D eigenvalue weighted by Crippen LogP contribution is 2.39. The highest BCUT2D eigenvalue weighted by molar-refractivity contribution is 7.91. The molecule has 6 nitrogen and oxygen atoms in total. The fraction of sp³-hybridized carbons (Fsp3) is 0.286. The number of aromatic amines is 1. The molecule has 198 valence electrons. The smallest absolute Gasteiger partial charge is 0.387 e. The van der Waals surface area contributed by atoms with E-state index in [0.29, 0.717) is 33.0 Å². The van der Waals surface area contributed by atoms with Crippen molar-refractivity contribution < 1.29 is 26.7 Å². The van der Waals surface area contributed by atoms with Crippen molar-refractivity contribution in [3.63, 3.8) is 0 Å². The number of ketones is 1. The third kappa shape index (κ3) is 5.73. The van der Waals surface area contributed by atoms with Crippen molar-refractivity contribution in [1.29, 1.82) is 0 Å². The lowest BCUT2D eigenvalue weighted by atomic mass is 9.93. The lowest BCUT2D eigenvalue weighted by molar-refractivity contribution is -0.117. The molecule has 1 atom stereocenters. The van der Waals surface area contributed by atoms with Gasteiger partial charge >= 0.3 is 6.61 Å². The first kappa shape index (κ1) is 26.3. The van der Waals surface area contributed by atoms with Gasteiger partial charge in [-0.15, -0.1) is 0 Å². The van der Waals surface area contributed by atoms with Gasteiger partial charge in [0.1, 0.15) is 17.4 Å². The SMILES string of the molecule is CC(=O)C[C@@H](c1ccc(S(=O)(=O)CC2CC2)cc1)c1nc2cc(-c3ccccc3OC(F)F)c(Cl)cc2[nH]1. The molecule has 0 amide bonds. The van der Waals surface area contributed by atoms with Crippen LogP contribution >= 0.6 is 11.6 Å². The number of fused-ring (bicyclic) bond motifs is 1. The van der Waals surface area contributed by atoms with Gasteiger partial charge in [-0.3, -0.25) is 4.79 Å². The molecule has 1 aliphatic carbocycles. The van der Waals surface area contributed by atoms with Crippen LogP contribution in [0.25, 0.3) is 22.2 Å². The van der Waals surface area contributed by atoms with Crippen LogP contribution in [-0.4, -0.2) is 36.5 Å². The molecule has 3 aromatic carbocycles. The number of ether oxygens (including phenoxy) is 1. The van der Waals surface area contributed by atoms with Gasteiger partial charge in [0.2, 0.25) is 0 Å². The number of alkyl halides is 2. The molecular weight excluding hydrogens is 534 g/mol. The molecule has 0 bridgehead atoms. The minimum atomic E-state index is -3.36. The average molecular weight is 559 g/mol. The second-order valence-corrected chi connectivity index (χ2v) is 12.0. The van der Waals surface area contributed by atoms with E-state index < -0.39 is 22.4 Å². The summed E-state index contributed by atoms with van der Waals surface area (Å²) in [7, 11) is -3.36.